The van der Waals surface area contributed by atoms with Crippen LogP contribution in [0.5, 0.6) is 5.75 Å². The molecule has 0 aliphatic carbocycles. The van der Waals surface area contributed by atoms with E-state index < -0.39 is 21.8 Å². The highest BCUT2D eigenvalue weighted by molar-refractivity contribution is 7.90. The summed E-state index contributed by atoms with van der Waals surface area (Å²) in [5, 5.41) is 11.4. The quantitative estimate of drug-likeness (QED) is 0.299. The van der Waals surface area contributed by atoms with Gasteiger partial charge in [-0.05, 0) is 42.3 Å². The lowest BCUT2D eigenvalue weighted by atomic mass is 10.2. The zero-order valence-electron chi connectivity index (χ0n) is 16.4. The van der Waals surface area contributed by atoms with Gasteiger partial charge in [-0.3, -0.25) is 14.8 Å². The second-order valence-corrected chi connectivity index (χ2v) is 8.90. The Bertz CT molecular complexity index is 972. The number of hydroxylamine groups is 1. The molecule has 2 rings (SSSR count). The van der Waals surface area contributed by atoms with Gasteiger partial charge in [0.25, 0.3) is 5.91 Å². The molecule has 160 valence electrons. The number of nitrogens with one attached hydrogen (secondary N) is 2. The van der Waals surface area contributed by atoms with Crippen molar-refractivity contribution in [2.75, 3.05) is 18.6 Å². The molecule has 0 fully saturated rings. The summed E-state index contributed by atoms with van der Waals surface area (Å²) in [6, 6.07) is 14.8. The first-order valence-electron chi connectivity index (χ1n) is 9.15. The molecule has 0 radical (unpaired) electrons. The van der Waals surface area contributed by atoms with Crippen LogP contribution in [0.4, 0.5) is 0 Å². The molecule has 9 heteroatoms. The maximum absolute atomic E-state index is 12.2. The average molecular weight is 432 g/mol. The fourth-order valence-corrected chi connectivity index (χ4v) is 3.22. The minimum atomic E-state index is -3.20. The summed E-state index contributed by atoms with van der Waals surface area (Å²) in [7, 11) is -3.20. The van der Waals surface area contributed by atoms with E-state index in [0.29, 0.717) is 5.75 Å². The van der Waals surface area contributed by atoms with Crippen LogP contribution in [0, 0.1) is 0 Å². The van der Waals surface area contributed by atoms with Crippen molar-refractivity contribution in [3.8, 4) is 5.75 Å². The summed E-state index contributed by atoms with van der Waals surface area (Å²) in [5.74, 6) is -0.678. The highest BCUT2D eigenvalue weighted by Crippen LogP contribution is 2.13. The number of rotatable bonds is 10. The molecule has 8 nitrogen and oxygen atoms in total. The number of sulfone groups is 1. The lowest BCUT2D eigenvalue weighted by Gasteiger charge is -2.18. The number of benzene rings is 2. The van der Waals surface area contributed by atoms with Crippen LogP contribution in [-0.2, 0) is 14.6 Å². The predicted molar refractivity (Wildman–Crippen MR) is 113 cm³/mol. The third kappa shape index (κ3) is 8.46. The number of carbonyl (C=O) groups excluding carboxylic acids is 2. The highest BCUT2D eigenvalue weighted by Gasteiger charge is 2.15. The van der Waals surface area contributed by atoms with Gasteiger partial charge in [0.15, 0.2) is 0 Å². The zero-order valence-corrected chi connectivity index (χ0v) is 17.3. The molecule has 0 saturated heterocycles. The second-order valence-electron chi connectivity index (χ2n) is 6.64. The molecule has 0 bridgehead atoms. The molecule has 0 unspecified atom stereocenters. The second kappa shape index (κ2) is 11.1. The number of hydrogen-bond acceptors (Lipinski definition) is 6. The summed E-state index contributed by atoms with van der Waals surface area (Å²) < 4.78 is 28.7. The van der Waals surface area contributed by atoms with Crippen molar-refractivity contribution in [2.45, 2.75) is 12.5 Å². The van der Waals surface area contributed by atoms with Gasteiger partial charge in [-0.25, -0.2) is 13.9 Å². The molecule has 1 atom stereocenters. The molecule has 0 aliphatic heterocycles. The van der Waals surface area contributed by atoms with Gasteiger partial charge in [0.2, 0.25) is 5.91 Å². The first-order chi connectivity index (χ1) is 14.3. The Morgan fingerprint density at radius 2 is 1.77 bits per heavy atom. The monoisotopic (exact) mass is 432 g/mol. The van der Waals surface area contributed by atoms with Gasteiger partial charge in [-0.15, -0.1) is 0 Å². The van der Waals surface area contributed by atoms with Gasteiger partial charge in [0.05, 0.1) is 11.8 Å². The molecule has 3 N–H and O–H groups in total. The maximum Gasteiger partial charge on any atom is 0.274 e. The van der Waals surface area contributed by atoms with Crippen molar-refractivity contribution in [1.82, 2.24) is 10.8 Å². The van der Waals surface area contributed by atoms with Crippen LogP contribution in [0.3, 0.4) is 0 Å². The van der Waals surface area contributed by atoms with E-state index in [9.17, 15) is 18.0 Å². The summed E-state index contributed by atoms with van der Waals surface area (Å²) in [6.07, 6.45) is 4.36. The average Bonchev–Trinajstić information content (AvgIpc) is 2.74. The first kappa shape index (κ1) is 23.1. The Balaban J connectivity index is 1.98. The van der Waals surface area contributed by atoms with Gasteiger partial charge in [-0.1, -0.05) is 30.3 Å². The normalized spacial score (nSPS) is 12.3. The Morgan fingerprint density at radius 3 is 2.37 bits per heavy atom. The minimum Gasteiger partial charge on any atom is -0.491 e. The molecular weight excluding hydrogens is 408 g/mol. The van der Waals surface area contributed by atoms with Crippen LogP contribution >= 0.6 is 0 Å². The maximum atomic E-state index is 12.2. The van der Waals surface area contributed by atoms with Crippen molar-refractivity contribution in [1.29, 1.82) is 0 Å². The lowest BCUT2D eigenvalue weighted by molar-refractivity contribution is -0.117. The van der Waals surface area contributed by atoms with Crippen LogP contribution in [0.1, 0.15) is 22.3 Å². The predicted octanol–water partition coefficient (Wildman–Crippen LogP) is 1.82. The SMILES string of the molecule is CS(=O)(=O)CC[C@H](COc1ccc(C(=O)NO)cc1)NC(=O)/C=C/c1ccccc1. The van der Waals surface area contributed by atoms with E-state index in [0.717, 1.165) is 11.8 Å². The standard InChI is InChI=1S/C21H24N2O6S/c1-30(27,28)14-13-18(22-20(24)12-7-16-5-3-2-4-6-16)15-29-19-10-8-17(9-11-19)21(25)23-26/h2-12,18,26H,13-15H2,1H3,(H,22,24)(H,23,25)/b12-7+/t18-/m1/s1. The van der Waals surface area contributed by atoms with E-state index in [1.807, 2.05) is 30.3 Å². The Morgan fingerprint density at radius 1 is 1.10 bits per heavy atom. The molecule has 2 amide bonds. The van der Waals surface area contributed by atoms with Crippen molar-refractivity contribution in [3.63, 3.8) is 0 Å². The largest absolute Gasteiger partial charge is 0.491 e. The molecule has 0 heterocycles. The number of ether oxygens (including phenoxy) is 1. The van der Waals surface area contributed by atoms with E-state index >= 15 is 0 Å². The van der Waals surface area contributed by atoms with Gasteiger partial charge in [0.1, 0.15) is 22.2 Å². The molecule has 0 spiro atoms. The van der Waals surface area contributed by atoms with Gasteiger partial charge < -0.3 is 10.1 Å². The summed E-state index contributed by atoms with van der Waals surface area (Å²) >= 11 is 0. The minimum absolute atomic E-state index is 0.0476. The van der Waals surface area contributed by atoms with Crippen LogP contribution < -0.4 is 15.5 Å². The molecule has 0 aliphatic rings. The highest BCUT2D eigenvalue weighted by atomic mass is 32.2. The molecule has 0 aromatic heterocycles. The van der Waals surface area contributed by atoms with Crippen molar-refractivity contribution >= 4 is 27.7 Å². The Kier molecular flexibility index (Phi) is 8.57. The fraction of sp³-hybridized carbons (Fsp3) is 0.238. The molecule has 30 heavy (non-hydrogen) atoms. The summed E-state index contributed by atoms with van der Waals surface area (Å²) in [6.45, 7) is 0.0476. The van der Waals surface area contributed by atoms with Crippen molar-refractivity contribution < 1.29 is 28.0 Å². The molecule has 0 saturated carbocycles. The lowest BCUT2D eigenvalue weighted by Crippen LogP contribution is -2.39. The first-order valence-corrected chi connectivity index (χ1v) is 11.2. The smallest absolute Gasteiger partial charge is 0.274 e. The number of hydrogen-bond donors (Lipinski definition) is 3. The van der Waals surface area contributed by atoms with Gasteiger partial charge in [-0.2, -0.15) is 0 Å². The van der Waals surface area contributed by atoms with Gasteiger partial charge >= 0.3 is 0 Å². The third-order valence-corrected chi connectivity index (χ3v) is 5.06. The van der Waals surface area contributed by atoms with E-state index in [4.69, 9.17) is 9.94 Å². The van der Waals surface area contributed by atoms with E-state index in [-0.39, 0.29) is 30.3 Å². The van der Waals surface area contributed by atoms with Crippen molar-refractivity contribution in [3.05, 3.63) is 71.8 Å². The topological polar surface area (TPSA) is 122 Å². The summed E-state index contributed by atoms with van der Waals surface area (Å²) in [5.41, 5.74) is 2.65. The fourth-order valence-electron chi connectivity index (χ4n) is 2.50. The van der Waals surface area contributed by atoms with Crippen LogP contribution in [0.25, 0.3) is 6.08 Å². The number of carbonyl (C=O) groups is 2. The zero-order chi connectivity index (χ0) is 22.0. The van der Waals surface area contributed by atoms with E-state index in [1.165, 1.54) is 35.8 Å². The molecular formula is C21H24N2O6S. The van der Waals surface area contributed by atoms with Crippen molar-refractivity contribution in [2.24, 2.45) is 0 Å². The summed E-state index contributed by atoms with van der Waals surface area (Å²) in [4.78, 5) is 23.6. The van der Waals surface area contributed by atoms with Gasteiger partial charge in [0, 0.05) is 17.9 Å². The van der Waals surface area contributed by atoms with E-state index in [1.54, 1.807) is 6.08 Å². The Hall–Kier alpha value is -3.17. The Labute approximate surface area is 175 Å². The third-order valence-electron chi connectivity index (χ3n) is 4.08. The van der Waals surface area contributed by atoms with Crippen LogP contribution in [0.2, 0.25) is 0 Å². The number of amides is 2. The molecule has 2 aromatic rings. The van der Waals surface area contributed by atoms with Crippen LogP contribution in [0.15, 0.2) is 60.7 Å². The van der Waals surface area contributed by atoms with E-state index in [2.05, 4.69) is 5.32 Å². The van der Waals surface area contributed by atoms with Crippen LogP contribution in [-0.4, -0.2) is 50.1 Å². The molecule has 2 aromatic carbocycles.